The quantitative estimate of drug-likeness (QED) is 0.830. The number of rotatable bonds is 6. The van der Waals surface area contributed by atoms with E-state index in [4.69, 9.17) is 22.1 Å². The second kappa shape index (κ2) is 6.77. The first-order valence-electron chi connectivity index (χ1n) is 5.74. The highest BCUT2D eigenvalue weighted by molar-refractivity contribution is 6.30. The molecule has 0 aliphatic rings. The molecule has 0 amide bonds. The molecule has 3 heteroatoms. The van der Waals surface area contributed by atoms with Crippen LogP contribution in [-0.4, -0.2) is 13.2 Å². The van der Waals surface area contributed by atoms with Crippen molar-refractivity contribution in [3.63, 3.8) is 0 Å². The third-order valence-electron chi connectivity index (χ3n) is 2.39. The Kier molecular flexibility index (Phi) is 5.64. The fourth-order valence-electron chi connectivity index (χ4n) is 1.44. The molecular formula is C13H20ClNO. The van der Waals surface area contributed by atoms with Crippen LogP contribution in [-0.2, 0) is 6.42 Å². The summed E-state index contributed by atoms with van der Waals surface area (Å²) in [7, 11) is 0. The summed E-state index contributed by atoms with van der Waals surface area (Å²) in [4.78, 5) is 0. The second-order valence-electron chi connectivity index (χ2n) is 4.32. The fraction of sp³-hybridized carbons (Fsp3) is 0.538. The van der Waals surface area contributed by atoms with Gasteiger partial charge in [-0.15, -0.1) is 0 Å². The number of nitrogens with two attached hydrogens (primary N) is 1. The molecule has 0 heterocycles. The highest BCUT2D eigenvalue weighted by Gasteiger charge is 2.04. The SMILES string of the molecule is CC(C)CCOc1ccc(Cl)cc1CCN. The van der Waals surface area contributed by atoms with Gasteiger partial charge in [0.15, 0.2) is 0 Å². The maximum atomic E-state index is 5.94. The summed E-state index contributed by atoms with van der Waals surface area (Å²) in [5.41, 5.74) is 6.65. The fourth-order valence-corrected chi connectivity index (χ4v) is 1.64. The predicted octanol–water partition coefficient (Wildman–Crippen LogP) is 3.27. The minimum atomic E-state index is 0.612. The zero-order chi connectivity index (χ0) is 12.0. The average molecular weight is 242 g/mol. The lowest BCUT2D eigenvalue weighted by Crippen LogP contribution is -2.07. The van der Waals surface area contributed by atoms with Gasteiger partial charge >= 0.3 is 0 Å². The van der Waals surface area contributed by atoms with Crippen LogP contribution in [0.15, 0.2) is 18.2 Å². The summed E-state index contributed by atoms with van der Waals surface area (Å²) >= 11 is 5.94. The van der Waals surface area contributed by atoms with Crippen LogP contribution < -0.4 is 10.5 Å². The zero-order valence-corrected chi connectivity index (χ0v) is 10.8. The van der Waals surface area contributed by atoms with Gasteiger partial charge in [0.1, 0.15) is 5.75 Å². The van der Waals surface area contributed by atoms with Crippen LogP contribution >= 0.6 is 11.6 Å². The van der Waals surface area contributed by atoms with Crippen molar-refractivity contribution < 1.29 is 4.74 Å². The molecule has 1 aromatic carbocycles. The highest BCUT2D eigenvalue weighted by atomic mass is 35.5. The third kappa shape index (κ3) is 4.42. The summed E-state index contributed by atoms with van der Waals surface area (Å²) in [5, 5.41) is 0.736. The smallest absolute Gasteiger partial charge is 0.122 e. The Morgan fingerprint density at radius 1 is 1.38 bits per heavy atom. The van der Waals surface area contributed by atoms with Gasteiger partial charge in [-0.2, -0.15) is 0 Å². The van der Waals surface area contributed by atoms with Crippen LogP contribution in [0, 0.1) is 5.92 Å². The Hall–Kier alpha value is -0.730. The van der Waals surface area contributed by atoms with Crippen LogP contribution in [0.3, 0.4) is 0 Å². The van der Waals surface area contributed by atoms with Crippen molar-refractivity contribution in [1.29, 1.82) is 0 Å². The Morgan fingerprint density at radius 2 is 2.12 bits per heavy atom. The van der Waals surface area contributed by atoms with Gasteiger partial charge in [-0.25, -0.2) is 0 Å². The second-order valence-corrected chi connectivity index (χ2v) is 4.76. The monoisotopic (exact) mass is 241 g/mol. The van der Waals surface area contributed by atoms with Crippen molar-refractivity contribution in [3.05, 3.63) is 28.8 Å². The van der Waals surface area contributed by atoms with Crippen molar-refractivity contribution in [2.24, 2.45) is 11.7 Å². The van der Waals surface area contributed by atoms with E-state index in [0.29, 0.717) is 12.5 Å². The van der Waals surface area contributed by atoms with Gasteiger partial charge in [0.2, 0.25) is 0 Å². The Balaban J connectivity index is 2.63. The maximum Gasteiger partial charge on any atom is 0.122 e. The zero-order valence-electron chi connectivity index (χ0n) is 10.0. The first kappa shape index (κ1) is 13.3. The Morgan fingerprint density at radius 3 is 2.75 bits per heavy atom. The van der Waals surface area contributed by atoms with E-state index in [0.717, 1.165) is 35.8 Å². The Bertz CT molecular complexity index is 326. The molecule has 0 saturated carbocycles. The van der Waals surface area contributed by atoms with Gasteiger partial charge in [0.05, 0.1) is 6.61 Å². The predicted molar refractivity (Wildman–Crippen MR) is 69.2 cm³/mol. The summed E-state index contributed by atoms with van der Waals surface area (Å²) in [5.74, 6) is 1.57. The number of hydrogen-bond donors (Lipinski definition) is 1. The van der Waals surface area contributed by atoms with Crippen molar-refractivity contribution in [2.75, 3.05) is 13.2 Å². The first-order valence-corrected chi connectivity index (χ1v) is 6.12. The van der Waals surface area contributed by atoms with Crippen molar-refractivity contribution in [1.82, 2.24) is 0 Å². The largest absolute Gasteiger partial charge is 0.493 e. The van der Waals surface area contributed by atoms with E-state index in [2.05, 4.69) is 13.8 Å². The molecular weight excluding hydrogens is 222 g/mol. The van der Waals surface area contributed by atoms with Gasteiger partial charge in [-0.05, 0) is 49.1 Å². The molecule has 0 aliphatic carbocycles. The normalized spacial score (nSPS) is 10.8. The average Bonchev–Trinajstić information content (AvgIpc) is 2.21. The molecule has 16 heavy (non-hydrogen) atoms. The lowest BCUT2D eigenvalue weighted by molar-refractivity contribution is 0.287. The molecule has 0 spiro atoms. The van der Waals surface area contributed by atoms with Crippen molar-refractivity contribution >= 4 is 11.6 Å². The van der Waals surface area contributed by atoms with Crippen LogP contribution in [0.4, 0.5) is 0 Å². The topological polar surface area (TPSA) is 35.2 Å². The molecule has 0 atom stereocenters. The van der Waals surface area contributed by atoms with Crippen LogP contribution in [0.2, 0.25) is 5.02 Å². The van der Waals surface area contributed by atoms with Crippen molar-refractivity contribution in [3.8, 4) is 5.75 Å². The van der Waals surface area contributed by atoms with Gasteiger partial charge in [0, 0.05) is 5.02 Å². The minimum Gasteiger partial charge on any atom is -0.493 e. The summed E-state index contributed by atoms with van der Waals surface area (Å²) in [6.07, 6.45) is 1.86. The van der Waals surface area contributed by atoms with Crippen LogP contribution in [0.1, 0.15) is 25.8 Å². The minimum absolute atomic E-state index is 0.612. The maximum absolute atomic E-state index is 5.94. The molecule has 0 aliphatic heterocycles. The molecule has 1 aromatic rings. The lowest BCUT2D eigenvalue weighted by Gasteiger charge is -2.12. The number of ether oxygens (including phenoxy) is 1. The van der Waals surface area contributed by atoms with Crippen LogP contribution in [0.5, 0.6) is 5.75 Å². The molecule has 0 bridgehead atoms. The van der Waals surface area contributed by atoms with E-state index in [1.165, 1.54) is 0 Å². The van der Waals surface area contributed by atoms with E-state index in [1.807, 2.05) is 18.2 Å². The molecule has 1 rings (SSSR count). The molecule has 2 N–H and O–H groups in total. The van der Waals surface area contributed by atoms with Crippen molar-refractivity contribution in [2.45, 2.75) is 26.7 Å². The highest BCUT2D eigenvalue weighted by Crippen LogP contribution is 2.23. The molecule has 0 saturated heterocycles. The first-order chi connectivity index (χ1) is 7.63. The van der Waals surface area contributed by atoms with E-state index < -0.39 is 0 Å². The standard InChI is InChI=1S/C13H20ClNO/c1-10(2)6-8-16-13-4-3-12(14)9-11(13)5-7-15/h3-4,9-10H,5-8,15H2,1-2H3. The third-order valence-corrected chi connectivity index (χ3v) is 2.62. The summed E-state index contributed by atoms with van der Waals surface area (Å²) in [6.45, 7) is 5.73. The molecule has 0 fully saturated rings. The molecule has 0 radical (unpaired) electrons. The van der Waals surface area contributed by atoms with E-state index >= 15 is 0 Å². The van der Waals surface area contributed by atoms with E-state index in [-0.39, 0.29) is 0 Å². The Labute approximate surface area is 103 Å². The van der Waals surface area contributed by atoms with E-state index in [1.54, 1.807) is 0 Å². The molecule has 0 unspecified atom stereocenters. The van der Waals surface area contributed by atoms with Gasteiger partial charge in [-0.3, -0.25) is 0 Å². The van der Waals surface area contributed by atoms with E-state index in [9.17, 15) is 0 Å². The number of hydrogen-bond acceptors (Lipinski definition) is 2. The molecule has 90 valence electrons. The molecule has 0 aromatic heterocycles. The summed E-state index contributed by atoms with van der Waals surface area (Å²) < 4.78 is 5.74. The lowest BCUT2D eigenvalue weighted by atomic mass is 10.1. The molecule has 2 nitrogen and oxygen atoms in total. The van der Waals surface area contributed by atoms with Gasteiger partial charge in [-0.1, -0.05) is 25.4 Å². The summed E-state index contributed by atoms with van der Waals surface area (Å²) in [6, 6.07) is 5.71. The van der Waals surface area contributed by atoms with Gasteiger partial charge < -0.3 is 10.5 Å². The number of benzene rings is 1. The van der Waals surface area contributed by atoms with Gasteiger partial charge in [0.25, 0.3) is 0 Å². The number of halogens is 1. The van der Waals surface area contributed by atoms with Crippen LogP contribution in [0.25, 0.3) is 0 Å².